The Labute approximate surface area is 160 Å². The lowest BCUT2D eigenvalue weighted by Crippen LogP contribution is -2.23. The number of carbonyl (C=O) groups excluding carboxylic acids is 1. The maximum Gasteiger partial charge on any atom is 0.292 e. The molecule has 0 saturated carbocycles. The summed E-state index contributed by atoms with van der Waals surface area (Å²) < 4.78 is 11.3. The Bertz CT molecular complexity index is 1140. The lowest BCUT2D eigenvalue weighted by molar-refractivity contribution is 0.0950. The van der Waals surface area contributed by atoms with Gasteiger partial charge in [0.1, 0.15) is 0 Å². The molecule has 142 valence electrons. The topological polar surface area (TPSA) is 106 Å². The first kappa shape index (κ1) is 17.7. The Kier molecular flexibility index (Phi) is 4.76. The van der Waals surface area contributed by atoms with Gasteiger partial charge in [-0.3, -0.25) is 9.59 Å². The van der Waals surface area contributed by atoms with Crippen LogP contribution in [0.15, 0.2) is 52.4 Å². The van der Waals surface area contributed by atoms with E-state index in [2.05, 4.69) is 20.7 Å². The second kappa shape index (κ2) is 7.51. The molecule has 1 amide bonds. The molecular weight excluding hydrogens is 360 g/mol. The molecule has 0 radical (unpaired) electrons. The number of rotatable bonds is 3. The van der Waals surface area contributed by atoms with Gasteiger partial charge in [0.2, 0.25) is 0 Å². The van der Waals surface area contributed by atoms with Crippen molar-refractivity contribution in [1.82, 2.24) is 15.6 Å². The van der Waals surface area contributed by atoms with Crippen LogP contribution >= 0.6 is 0 Å². The maximum atomic E-state index is 12.5. The van der Waals surface area contributed by atoms with Crippen LogP contribution in [0.5, 0.6) is 11.5 Å². The van der Waals surface area contributed by atoms with E-state index in [4.69, 9.17) is 9.47 Å². The van der Waals surface area contributed by atoms with Gasteiger partial charge in [-0.1, -0.05) is 18.2 Å². The second-order valence-electron chi connectivity index (χ2n) is 6.30. The van der Waals surface area contributed by atoms with Gasteiger partial charge in [-0.15, -0.1) is 0 Å². The van der Waals surface area contributed by atoms with E-state index in [-0.39, 0.29) is 11.3 Å². The average molecular weight is 378 g/mol. The Hall–Kier alpha value is -3.68. The molecule has 1 aromatic heterocycles. The molecule has 0 bridgehead atoms. The van der Waals surface area contributed by atoms with E-state index >= 15 is 0 Å². The van der Waals surface area contributed by atoms with E-state index in [1.165, 1.54) is 0 Å². The largest absolute Gasteiger partial charge is 0.490 e. The molecule has 2 aromatic carbocycles. The predicted molar refractivity (Wildman–Crippen MR) is 104 cm³/mol. The van der Waals surface area contributed by atoms with Gasteiger partial charge in [-0.25, -0.2) is 10.5 Å². The van der Waals surface area contributed by atoms with E-state index in [9.17, 15) is 9.59 Å². The van der Waals surface area contributed by atoms with Gasteiger partial charge in [-0.2, -0.15) is 10.2 Å². The van der Waals surface area contributed by atoms with E-state index in [1.54, 1.807) is 31.2 Å². The summed E-state index contributed by atoms with van der Waals surface area (Å²) in [5.74, 6) is 0.840. The fraction of sp³-hybridized carbons (Fsp3) is 0.200. The number of fused-ring (bicyclic) bond motifs is 2. The molecule has 2 N–H and O–H groups in total. The number of ether oxygens (including phenoxy) is 2. The Balaban J connectivity index is 1.58. The Morgan fingerprint density at radius 3 is 2.68 bits per heavy atom. The quantitative estimate of drug-likeness (QED) is 0.537. The number of carbonyl (C=O) groups is 1. The third-order valence-electron chi connectivity index (χ3n) is 4.40. The van der Waals surface area contributed by atoms with Crippen LogP contribution in [-0.4, -0.2) is 35.0 Å². The van der Waals surface area contributed by atoms with Crippen molar-refractivity contribution in [1.29, 1.82) is 0 Å². The summed E-state index contributed by atoms with van der Waals surface area (Å²) in [7, 11) is 0. The molecule has 4 rings (SSSR count). The lowest BCUT2D eigenvalue weighted by Gasteiger charge is -2.09. The molecule has 0 saturated heterocycles. The second-order valence-corrected chi connectivity index (χ2v) is 6.30. The van der Waals surface area contributed by atoms with Crippen molar-refractivity contribution < 1.29 is 14.3 Å². The highest BCUT2D eigenvalue weighted by Crippen LogP contribution is 2.30. The number of H-pyrrole nitrogens is 1. The van der Waals surface area contributed by atoms with Crippen molar-refractivity contribution >= 4 is 22.4 Å². The molecule has 0 spiro atoms. The minimum Gasteiger partial charge on any atom is -0.490 e. The van der Waals surface area contributed by atoms with Crippen LogP contribution in [0.3, 0.4) is 0 Å². The fourth-order valence-electron chi connectivity index (χ4n) is 2.93. The van der Waals surface area contributed by atoms with Crippen molar-refractivity contribution in [2.75, 3.05) is 13.2 Å². The third-order valence-corrected chi connectivity index (χ3v) is 4.40. The molecule has 8 nitrogen and oxygen atoms in total. The summed E-state index contributed by atoms with van der Waals surface area (Å²) in [6, 6.07) is 12.3. The zero-order chi connectivity index (χ0) is 19.5. The summed E-state index contributed by atoms with van der Waals surface area (Å²) in [6.45, 7) is 2.99. The molecular formula is C20H18N4O4. The standard InChI is InChI=1S/C20H18N4O4/c1-12(13-7-8-16-17(11-13)28-10-4-9-27-16)21-24-20(26)18-14-5-2-3-6-15(14)19(25)23-22-18/h2-3,5-8,11H,4,9-10H2,1H3,(H,23,25)(H,24,26)/b21-12-. The first-order valence-electron chi connectivity index (χ1n) is 8.85. The zero-order valence-electron chi connectivity index (χ0n) is 15.2. The van der Waals surface area contributed by atoms with Crippen LogP contribution in [0, 0.1) is 0 Å². The van der Waals surface area contributed by atoms with Crippen molar-refractivity contribution in [3.8, 4) is 11.5 Å². The number of amides is 1. The van der Waals surface area contributed by atoms with Gasteiger partial charge in [0.05, 0.1) is 24.3 Å². The molecule has 1 aliphatic rings. The number of hydrogen-bond acceptors (Lipinski definition) is 6. The number of nitrogens with zero attached hydrogens (tertiary/aromatic N) is 2. The van der Waals surface area contributed by atoms with Crippen molar-refractivity contribution in [2.24, 2.45) is 5.10 Å². The van der Waals surface area contributed by atoms with Crippen LogP contribution in [0.2, 0.25) is 0 Å². The van der Waals surface area contributed by atoms with Crippen LogP contribution in [0.25, 0.3) is 10.8 Å². The molecule has 3 aromatic rings. The Morgan fingerprint density at radius 2 is 1.86 bits per heavy atom. The normalized spacial score (nSPS) is 13.8. The van der Waals surface area contributed by atoms with Gasteiger partial charge in [-0.05, 0) is 31.2 Å². The number of hydrazone groups is 1. The summed E-state index contributed by atoms with van der Waals surface area (Å²) in [4.78, 5) is 24.4. The number of nitrogens with one attached hydrogen (secondary N) is 2. The van der Waals surface area contributed by atoms with Gasteiger partial charge in [0, 0.05) is 17.4 Å². The number of hydrogen-bond donors (Lipinski definition) is 2. The minimum atomic E-state index is -0.513. The van der Waals surface area contributed by atoms with E-state index in [1.807, 2.05) is 18.2 Å². The van der Waals surface area contributed by atoms with E-state index < -0.39 is 5.91 Å². The van der Waals surface area contributed by atoms with Gasteiger partial charge in [0.25, 0.3) is 11.5 Å². The first-order valence-corrected chi connectivity index (χ1v) is 8.85. The van der Waals surface area contributed by atoms with Gasteiger partial charge < -0.3 is 9.47 Å². The number of aromatic amines is 1. The van der Waals surface area contributed by atoms with E-state index in [0.29, 0.717) is 41.2 Å². The zero-order valence-corrected chi connectivity index (χ0v) is 15.2. The highest BCUT2D eigenvalue weighted by molar-refractivity contribution is 6.06. The van der Waals surface area contributed by atoms with Crippen molar-refractivity contribution in [3.05, 3.63) is 64.1 Å². The SMILES string of the molecule is C/C(=N/NC(=O)c1n[nH]c(=O)c2ccccc12)c1ccc2c(c1)OCCCO2. The monoisotopic (exact) mass is 378 g/mol. The first-order chi connectivity index (χ1) is 13.6. The van der Waals surface area contributed by atoms with Crippen LogP contribution in [-0.2, 0) is 0 Å². The van der Waals surface area contributed by atoms with Crippen LogP contribution in [0.1, 0.15) is 29.4 Å². The maximum absolute atomic E-state index is 12.5. The summed E-state index contributed by atoms with van der Waals surface area (Å²) in [5.41, 5.74) is 3.64. The highest BCUT2D eigenvalue weighted by Gasteiger charge is 2.15. The lowest BCUT2D eigenvalue weighted by atomic mass is 10.1. The molecule has 0 aliphatic carbocycles. The summed E-state index contributed by atoms with van der Waals surface area (Å²) in [5, 5.41) is 11.2. The third kappa shape index (κ3) is 3.44. The molecule has 0 atom stereocenters. The van der Waals surface area contributed by atoms with Gasteiger partial charge in [0.15, 0.2) is 17.2 Å². The Morgan fingerprint density at radius 1 is 1.11 bits per heavy atom. The molecule has 2 heterocycles. The molecule has 0 fully saturated rings. The molecule has 8 heteroatoms. The summed E-state index contributed by atoms with van der Waals surface area (Å²) >= 11 is 0. The fourth-order valence-corrected chi connectivity index (χ4v) is 2.93. The minimum absolute atomic E-state index is 0.102. The average Bonchev–Trinajstić information content (AvgIpc) is 2.97. The van der Waals surface area contributed by atoms with E-state index in [0.717, 1.165) is 12.0 Å². The molecule has 1 aliphatic heterocycles. The molecule has 0 unspecified atom stereocenters. The summed E-state index contributed by atoms with van der Waals surface area (Å²) in [6.07, 6.45) is 0.827. The molecule has 28 heavy (non-hydrogen) atoms. The highest BCUT2D eigenvalue weighted by atomic mass is 16.5. The predicted octanol–water partition coefficient (Wildman–Crippen LogP) is 2.24. The van der Waals surface area contributed by atoms with Crippen molar-refractivity contribution in [2.45, 2.75) is 13.3 Å². The number of aromatic nitrogens is 2. The van der Waals surface area contributed by atoms with Crippen LogP contribution in [0.4, 0.5) is 0 Å². The number of benzene rings is 2. The smallest absolute Gasteiger partial charge is 0.292 e. The van der Waals surface area contributed by atoms with Crippen molar-refractivity contribution in [3.63, 3.8) is 0 Å². The van der Waals surface area contributed by atoms with Gasteiger partial charge >= 0.3 is 0 Å². The van der Waals surface area contributed by atoms with Crippen LogP contribution < -0.4 is 20.5 Å².